The van der Waals surface area contributed by atoms with E-state index in [0.717, 1.165) is 83.5 Å². The molecule has 8 nitrogen and oxygen atoms in total. The normalized spacial score (nSPS) is 13.6. The zero-order valence-corrected chi connectivity index (χ0v) is 33.7. The Bertz CT molecular complexity index is 1040. The van der Waals surface area contributed by atoms with Crippen LogP contribution in [-0.2, 0) is 28.6 Å². The van der Waals surface area contributed by atoms with Gasteiger partial charge in [-0.2, -0.15) is 0 Å². The monoisotopic (exact) mass is 730 g/mol. The maximum absolute atomic E-state index is 12.7. The van der Waals surface area contributed by atoms with Gasteiger partial charge in [0.25, 0.3) is 0 Å². The van der Waals surface area contributed by atoms with Gasteiger partial charge in [-0.05, 0) is 57.8 Å². The van der Waals surface area contributed by atoms with Crippen molar-refractivity contribution in [2.24, 2.45) is 0 Å². The minimum atomic E-state index is -1.13. The van der Waals surface area contributed by atoms with Crippen LogP contribution >= 0.6 is 0 Å². The van der Waals surface area contributed by atoms with Crippen LogP contribution in [0.15, 0.2) is 60.8 Å². The number of carbonyl (C=O) groups is 3. The van der Waals surface area contributed by atoms with Crippen LogP contribution in [0.1, 0.15) is 149 Å². The maximum atomic E-state index is 12.7. The zero-order valence-electron chi connectivity index (χ0n) is 33.7. The molecule has 8 heteroatoms. The first kappa shape index (κ1) is 49.0. The van der Waals surface area contributed by atoms with Crippen LogP contribution in [0.4, 0.5) is 0 Å². The van der Waals surface area contributed by atoms with E-state index in [-0.39, 0.29) is 42.7 Å². The molecule has 0 radical (unpaired) electrons. The third-order valence-corrected chi connectivity index (χ3v) is 8.73. The van der Waals surface area contributed by atoms with Gasteiger partial charge < -0.3 is 28.6 Å². The number of unbranched alkanes of at least 4 members (excludes halogenated alkanes) is 14. The van der Waals surface area contributed by atoms with Crippen molar-refractivity contribution in [1.82, 2.24) is 0 Å². The first-order valence-corrected chi connectivity index (χ1v) is 20.4. The Balaban J connectivity index is 4.45. The molecular weight excluding hydrogens is 654 g/mol. The SMILES string of the molecule is CC/C=C/C=C/C=C/CCCCCCCC(=O)OC(COCCC(C(=O)[O-])[N+](C)(C)C)COC(=O)CCCCCCCC/C=C/C=C/CCCCC. The minimum Gasteiger partial charge on any atom is -0.544 e. The van der Waals surface area contributed by atoms with E-state index in [4.69, 9.17) is 14.2 Å². The molecule has 0 fully saturated rings. The van der Waals surface area contributed by atoms with E-state index in [9.17, 15) is 19.5 Å². The number of rotatable bonds is 35. The number of carboxylic acid groups (broad SMARTS) is 1. The zero-order chi connectivity index (χ0) is 38.5. The van der Waals surface area contributed by atoms with Crippen LogP contribution in [0.5, 0.6) is 0 Å². The second kappa shape index (κ2) is 35.1. The van der Waals surface area contributed by atoms with Gasteiger partial charge in [-0.1, -0.05) is 132 Å². The van der Waals surface area contributed by atoms with Gasteiger partial charge in [-0.25, -0.2) is 0 Å². The summed E-state index contributed by atoms with van der Waals surface area (Å²) in [5.41, 5.74) is 0. The number of hydrogen-bond acceptors (Lipinski definition) is 7. The smallest absolute Gasteiger partial charge is 0.306 e. The third-order valence-electron chi connectivity index (χ3n) is 8.73. The Morgan fingerprint density at radius 1 is 0.596 bits per heavy atom. The van der Waals surface area contributed by atoms with E-state index >= 15 is 0 Å². The second-order valence-electron chi connectivity index (χ2n) is 14.6. The van der Waals surface area contributed by atoms with Gasteiger partial charge >= 0.3 is 11.9 Å². The molecule has 2 atom stereocenters. The predicted octanol–water partition coefficient (Wildman–Crippen LogP) is 9.30. The van der Waals surface area contributed by atoms with Gasteiger partial charge in [0.2, 0.25) is 0 Å². The molecule has 0 aliphatic heterocycles. The molecule has 0 amide bonds. The molecule has 0 saturated heterocycles. The Kier molecular flexibility index (Phi) is 33.1. The molecular formula is C44H75NO7. The summed E-state index contributed by atoms with van der Waals surface area (Å²) in [4.78, 5) is 36.7. The number of carboxylic acids is 1. The highest BCUT2D eigenvalue weighted by atomic mass is 16.6. The van der Waals surface area contributed by atoms with Crippen molar-refractivity contribution >= 4 is 17.9 Å². The standard InChI is InChI=1S/C44H75NO7/c1-6-8-10-12-14-16-18-20-21-23-24-26-28-30-32-34-42(46)51-39-40(38-50-37-36-41(44(48)49)45(3,4)5)52-43(47)35-33-31-29-27-25-22-19-17-15-13-11-9-7-2/h9,11,13-20,40-41H,6-8,10,12,21-39H2,1-5H3/b11-9+,15-13+,16-14+,19-17+,20-18+. The van der Waals surface area contributed by atoms with E-state index in [0.29, 0.717) is 12.8 Å². The van der Waals surface area contributed by atoms with Crippen molar-refractivity contribution in [2.75, 3.05) is 41.0 Å². The van der Waals surface area contributed by atoms with Crippen LogP contribution in [0.2, 0.25) is 0 Å². The summed E-state index contributed by atoms with van der Waals surface area (Å²) in [5, 5.41) is 11.6. The van der Waals surface area contributed by atoms with Crippen molar-refractivity contribution in [1.29, 1.82) is 0 Å². The second-order valence-corrected chi connectivity index (χ2v) is 14.6. The molecule has 0 heterocycles. The molecule has 0 aliphatic carbocycles. The fourth-order valence-electron chi connectivity index (χ4n) is 5.53. The van der Waals surface area contributed by atoms with Crippen LogP contribution in [0.25, 0.3) is 0 Å². The largest absolute Gasteiger partial charge is 0.544 e. The van der Waals surface area contributed by atoms with E-state index in [1.54, 1.807) is 21.1 Å². The summed E-state index contributed by atoms with van der Waals surface area (Å²) in [7, 11) is 5.38. The molecule has 0 rings (SSSR count). The Morgan fingerprint density at radius 2 is 1.08 bits per heavy atom. The average Bonchev–Trinajstić information content (AvgIpc) is 3.09. The van der Waals surface area contributed by atoms with Crippen molar-refractivity contribution in [3.8, 4) is 0 Å². The van der Waals surface area contributed by atoms with E-state index < -0.39 is 18.1 Å². The first-order valence-electron chi connectivity index (χ1n) is 20.4. The number of carbonyl (C=O) groups excluding carboxylic acids is 3. The van der Waals surface area contributed by atoms with Crippen molar-refractivity contribution < 1.29 is 38.2 Å². The highest BCUT2D eigenvalue weighted by Crippen LogP contribution is 2.13. The summed E-state index contributed by atoms with van der Waals surface area (Å²) in [5.74, 6) is -1.79. The summed E-state index contributed by atoms with van der Waals surface area (Å²) >= 11 is 0. The Labute approximate surface area is 318 Å². The maximum Gasteiger partial charge on any atom is 0.306 e. The number of hydrogen-bond donors (Lipinski definition) is 0. The van der Waals surface area contributed by atoms with Gasteiger partial charge in [-0.15, -0.1) is 0 Å². The topological polar surface area (TPSA) is 102 Å². The molecule has 2 unspecified atom stereocenters. The van der Waals surface area contributed by atoms with Gasteiger partial charge in [0.15, 0.2) is 6.10 Å². The van der Waals surface area contributed by atoms with Gasteiger partial charge in [0.1, 0.15) is 12.6 Å². The lowest BCUT2D eigenvalue weighted by atomic mass is 10.1. The summed E-state index contributed by atoms with van der Waals surface area (Å²) < 4.78 is 17.1. The van der Waals surface area contributed by atoms with E-state index in [1.807, 2.05) is 12.2 Å². The molecule has 298 valence electrons. The quantitative estimate of drug-likeness (QED) is 0.0277. The first-order chi connectivity index (χ1) is 25.1. The lowest BCUT2D eigenvalue weighted by Gasteiger charge is -2.34. The van der Waals surface area contributed by atoms with Gasteiger partial charge in [-0.3, -0.25) is 9.59 Å². The molecule has 52 heavy (non-hydrogen) atoms. The predicted molar refractivity (Wildman–Crippen MR) is 212 cm³/mol. The average molecular weight is 730 g/mol. The molecule has 0 aromatic rings. The number of ether oxygens (including phenoxy) is 3. The number of aliphatic carboxylic acids is 1. The third kappa shape index (κ3) is 32.9. The number of quaternary nitrogens is 1. The molecule has 0 N–H and O–H groups in total. The number of allylic oxidation sites excluding steroid dienone is 10. The fourth-order valence-corrected chi connectivity index (χ4v) is 5.53. The van der Waals surface area contributed by atoms with Crippen LogP contribution in [0, 0.1) is 0 Å². The van der Waals surface area contributed by atoms with Crippen molar-refractivity contribution in [2.45, 2.75) is 161 Å². The minimum absolute atomic E-state index is 0.0258. The van der Waals surface area contributed by atoms with E-state index in [2.05, 4.69) is 62.5 Å². The lowest BCUT2D eigenvalue weighted by Crippen LogP contribution is -2.55. The molecule has 0 spiro atoms. The number of likely N-dealkylation sites (N-methyl/N-ethyl adjacent to an activating group) is 1. The summed E-state index contributed by atoms with van der Waals surface area (Å²) in [6.45, 7) is 4.44. The fraction of sp³-hybridized carbons (Fsp3) is 0.705. The van der Waals surface area contributed by atoms with Crippen LogP contribution in [0.3, 0.4) is 0 Å². The number of esters is 2. The highest BCUT2D eigenvalue weighted by molar-refractivity contribution is 5.70. The van der Waals surface area contributed by atoms with E-state index in [1.165, 1.54) is 32.1 Å². The Morgan fingerprint density at radius 3 is 1.60 bits per heavy atom. The lowest BCUT2D eigenvalue weighted by molar-refractivity contribution is -0.889. The van der Waals surface area contributed by atoms with Gasteiger partial charge in [0, 0.05) is 19.3 Å². The van der Waals surface area contributed by atoms with Crippen molar-refractivity contribution in [3.63, 3.8) is 0 Å². The van der Waals surface area contributed by atoms with Crippen molar-refractivity contribution in [3.05, 3.63) is 60.8 Å². The molecule has 0 aromatic carbocycles. The number of nitrogens with zero attached hydrogens (tertiary/aromatic N) is 1. The van der Waals surface area contributed by atoms with Crippen LogP contribution < -0.4 is 5.11 Å². The Hall–Kier alpha value is -2.97. The van der Waals surface area contributed by atoms with Gasteiger partial charge in [0.05, 0.1) is 40.3 Å². The molecule has 0 aliphatic rings. The molecule has 0 aromatic heterocycles. The molecule has 0 bridgehead atoms. The highest BCUT2D eigenvalue weighted by Gasteiger charge is 2.25. The van der Waals surface area contributed by atoms with Crippen LogP contribution in [-0.4, -0.2) is 75.5 Å². The molecule has 0 saturated carbocycles. The summed E-state index contributed by atoms with van der Waals surface area (Å²) in [6.07, 6.45) is 41.0. The summed E-state index contributed by atoms with van der Waals surface area (Å²) in [6, 6.07) is -0.733.